The molecule has 0 N–H and O–H groups in total. The van der Waals surface area contributed by atoms with Gasteiger partial charge < -0.3 is 4.79 Å². The van der Waals surface area contributed by atoms with Gasteiger partial charge in [-0.25, -0.2) is 4.98 Å². The Kier molecular flexibility index (Phi) is 2.28. The van der Waals surface area contributed by atoms with E-state index in [4.69, 9.17) is 0 Å². The fourth-order valence-corrected chi connectivity index (χ4v) is 1.09. The summed E-state index contributed by atoms with van der Waals surface area (Å²) in [5.41, 5.74) is 1.95. The molecule has 1 aromatic heterocycles. The number of nitrogens with zero attached hydrogens (tertiary/aromatic N) is 1. The Morgan fingerprint density at radius 1 is 1.80 bits per heavy atom. The van der Waals surface area contributed by atoms with Crippen molar-refractivity contribution in [3.05, 3.63) is 16.6 Å². The predicted octanol–water partition coefficient (Wildman–Crippen LogP) is 0.915. The van der Waals surface area contributed by atoms with Gasteiger partial charge in [0.25, 0.3) is 0 Å². The maximum Gasteiger partial charge on any atom is 0.189 e. The summed E-state index contributed by atoms with van der Waals surface area (Å²) in [7, 11) is 0. The number of rotatable bonds is 3. The summed E-state index contributed by atoms with van der Waals surface area (Å²) >= 11 is 1.35. The molecule has 1 heterocycles. The summed E-state index contributed by atoms with van der Waals surface area (Å²) in [4.78, 5) is 24.4. The van der Waals surface area contributed by atoms with E-state index >= 15 is 0 Å². The number of aldehydes is 1. The zero-order valence-corrected chi connectivity index (χ0v) is 5.93. The highest BCUT2D eigenvalue weighted by atomic mass is 32.1. The van der Waals surface area contributed by atoms with Crippen molar-refractivity contribution >= 4 is 23.4 Å². The molecule has 0 atom stereocenters. The highest BCUT2D eigenvalue weighted by molar-refractivity contribution is 7.07. The smallest absolute Gasteiger partial charge is 0.189 e. The highest BCUT2D eigenvalue weighted by Crippen LogP contribution is 2.02. The zero-order chi connectivity index (χ0) is 7.40. The second-order valence-electron chi connectivity index (χ2n) is 1.67. The van der Waals surface area contributed by atoms with Crippen molar-refractivity contribution in [3.63, 3.8) is 0 Å². The number of hydrogen-bond donors (Lipinski definition) is 0. The number of carbonyl (C=O) groups excluding carboxylic acids is 2. The molecule has 52 valence electrons. The number of thiazole rings is 1. The second kappa shape index (κ2) is 3.22. The van der Waals surface area contributed by atoms with Crippen LogP contribution in [-0.2, 0) is 4.79 Å². The van der Waals surface area contributed by atoms with Gasteiger partial charge in [0.2, 0.25) is 0 Å². The van der Waals surface area contributed by atoms with Gasteiger partial charge in [-0.1, -0.05) is 0 Å². The maximum absolute atomic E-state index is 10.8. The molecule has 0 saturated carbocycles. The van der Waals surface area contributed by atoms with Crippen molar-refractivity contribution in [1.29, 1.82) is 0 Å². The minimum atomic E-state index is -0.212. The largest absolute Gasteiger partial charge is 0.303 e. The lowest BCUT2D eigenvalue weighted by atomic mass is 10.2. The molecule has 10 heavy (non-hydrogen) atoms. The molecule has 1 rings (SSSR count). The van der Waals surface area contributed by atoms with Crippen molar-refractivity contribution in [2.24, 2.45) is 0 Å². The average Bonchev–Trinajstić information content (AvgIpc) is 2.38. The van der Waals surface area contributed by atoms with Crippen LogP contribution in [0.15, 0.2) is 10.9 Å². The SMILES string of the molecule is O=CCC(=O)c1cscn1. The van der Waals surface area contributed by atoms with Crippen LogP contribution in [0.4, 0.5) is 0 Å². The van der Waals surface area contributed by atoms with E-state index in [0.29, 0.717) is 12.0 Å². The van der Waals surface area contributed by atoms with E-state index in [1.807, 2.05) is 0 Å². The lowest BCUT2D eigenvalue weighted by molar-refractivity contribution is -0.107. The van der Waals surface area contributed by atoms with Crippen molar-refractivity contribution in [1.82, 2.24) is 4.98 Å². The number of carbonyl (C=O) groups is 2. The van der Waals surface area contributed by atoms with Crippen LogP contribution in [0, 0.1) is 0 Å². The molecule has 4 heteroatoms. The first-order valence-electron chi connectivity index (χ1n) is 2.69. The van der Waals surface area contributed by atoms with Crippen molar-refractivity contribution < 1.29 is 9.59 Å². The lowest BCUT2D eigenvalue weighted by Gasteiger charge is -1.84. The zero-order valence-electron chi connectivity index (χ0n) is 5.11. The van der Waals surface area contributed by atoms with Gasteiger partial charge in [-0.05, 0) is 0 Å². The molecular weight excluding hydrogens is 150 g/mol. The van der Waals surface area contributed by atoms with Gasteiger partial charge in [0, 0.05) is 5.38 Å². The summed E-state index contributed by atoms with van der Waals surface area (Å²) in [6, 6.07) is 0. The number of Topliss-reactive ketones (excluding diaryl/α,β-unsaturated/α-hetero) is 1. The molecular formula is C6H5NO2S. The normalized spacial score (nSPS) is 9.20. The fraction of sp³-hybridized carbons (Fsp3) is 0.167. The molecule has 0 aliphatic heterocycles. The quantitative estimate of drug-likeness (QED) is 0.370. The lowest BCUT2D eigenvalue weighted by Crippen LogP contribution is -1.98. The standard InChI is InChI=1S/C6H5NO2S/c8-2-1-6(9)5-3-10-4-7-5/h2-4H,1H2. The van der Waals surface area contributed by atoms with E-state index in [1.54, 1.807) is 10.9 Å². The second-order valence-corrected chi connectivity index (χ2v) is 2.39. The van der Waals surface area contributed by atoms with E-state index in [1.165, 1.54) is 11.3 Å². The van der Waals surface area contributed by atoms with Crippen molar-refractivity contribution in [3.8, 4) is 0 Å². The van der Waals surface area contributed by atoms with Crippen LogP contribution < -0.4 is 0 Å². The Morgan fingerprint density at radius 2 is 2.60 bits per heavy atom. The Balaban J connectivity index is 2.68. The highest BCUT2D eigenvalue weighted by Gasteiger charge is 2.04. The molecule has 0 amide bonds. The molecule has 0 bridgehead atoms. The molecule has 0 aliphatic rings. The molecule has 0 aromatic carbocycles. The Labute approximate surface area is 61.7 Å². The third-order valence-electron chi connectivity index (χ3n) is 0.987. The Hall–Kier alpha value is -1.03. The molecule has 0 saturated heterocycles. The number of aromatic nitrogens is 1. The van der Waals surface area contributed by atoms with Gasteiger partial charge in [-0.15, -0.1) is 11.3 Å². The molecule has 0 fully saturated rings. The summed E-state index contributed by atoms with van der Waals surface area (Å²) in [6.45, 7) is 0. The monoisotopic (exact) mass is 155 g/mol. The van der Waals surface area contributed by atoms with Crippen LogP contribution in [0.5, 0.6) is 0 Å². The molecule has 0 aliphatic carbocycles. The first kappa shape index (κ1) is 7.08. The Bertz CT molecular complexity index is 230. The van der Waals surface area contributed by atoms with Gasteiger partial charge in [-0.2, -0.15) is 0 Å². The average molecular weight is 155 g/mol. The minimum absolute atomic E-state index is 0.0657. The van der Waals surface area contributed by atoms with E-state index < -0.39 is 0 Å². The first-order chi connectivity index (χ1) is 4.84. The van der Waals surface area contributed by atoms with Crippen molar-refractivity contribution in [2.75, 3.05) is 0 Å². The van der Waals surface area contributed by atoms with E-state index in [-0.39, 0.29) is 12.2 Å². The summed E-state index contributed by atoms with van der Waals surface area (Å²) in [5, 5.41) is 1.63. The van der Waals surface area contributed by atoms with E-state index in [2.05, 4.69) is 4.98 Å². The first-order valence-corrected chi connectivity index (χ1v) is 3.64. The minimum Gasteiger partial charge on any atom is -0.303 e. The van der Waals surface area contributed by atoms with Crippen LogP contribution in [0.25, 0.3) is 0 Å². The number of hydrogen-bond acceptors (Lipinski definition) is 4. The van der Waals surface area contributed by atoms with Gasteiger partial charge in [0.05, 0.1) is 11.9 Å². The van der Waals surface area contributed by atoms with Crippen LogP contribution >= 0.6 is 11.3 Å². The van der Waals surface area contributed by atoms with E-state index in [9.17, 15) is 9.59 Å². The summed E-state index contributed by atoms with van der Waals surface area (Å²) in [5.74, 6) is -0.212. The third-order valence-corrected chi connectivity index (χ3v) is 1.57. The van der Waals surface area contributed by atoms with Crippen LogP contribution in [-0.4, -0.2) is 17.1 Å². The van der Waals surface area contributed by atoms with E-state index in [0.717, 1.165) is 0 Å². The van der Waals surface area contributed by atoms with Crippen LogP contribution in [0.2, 0.25) is 0 Å². The van der Waals surface area contributed by atoms with Gasteiger partial charge >= 0.3 is 0 Å². The van der Waals surface area contributed by atoms with Gasteiger partial charge in [0.15, 0.2) is 5.78 Å². The van der Waals surface area contributed by atoms with Gasteiger partial charge in [0.1, 0.15) is 12.0 Å². The topological polar surface area (TPSA) is 47.0 Å². The molecule has 1 aromatic rings. The molecule has 0 spiro atoms. The molecule has 0 radical (unpaired) electrons. The summed E-state index contributed by atoms with van der Waals surface area (Å²) in [6.07, 6.45) is 0.519. The summed E-state index contributed by atoms with van der Waals surface area (Å²) < 4.78 is 0. The third kappa shape index (κ3) is 1.48. The van der Waals surface area contributed by atoms with Crippen LogP contribution in [0.3, 0.4) is 0 Å². The molecule has 3 nitrogen and oxygen atoms in total. The molecule has 0 unspecified atom stereocenters. The van der Waals surface area contributed by atoms with Gasteiger partial charge in [-0.3, -0.25) is 4.79 Å². The van der Waals surface area contributed by atoms with Crippen LogP contribution in [0.1, 0.15) is 16.9 Å². The number of ketones is 1. The van der Waals surface area contributed by atoms with Crippen molar-refractivity contribution in [2.45, 2.75) is 6.42 Å². The Morgan fingerprint density at radius 3 is 3.10 bits per heavy atom. The fourth-order valence-electron chi connectivity index (χ4n) is 0.530. The maximum atomic E-state index is 10.8. The predicted molar refractivity (Wildman–Crippen MR) is 37.1 cm³/mol.